The van der Waals surface area contributed by atoms with Crippen molar-refractivity contribution in [2.24, 2.45) is 0 Å². The van der Waals surface area contributed by atoms with Gasteiger partial charge in [-0.05, 0) is 49.6 Å². The number of hydrogen-bond acceptors (Lipinski definition) is 5. The Kier molecular flexibility index (Phi) is 4.70. The normalized spacial score (nSPS) is 25.4. The van der Waals surface area contributed by atoms with Gasteiger partial charge in [0.2, 0.25) is 16.0 Å². The van der Waals surface area contributed by atoms with E-state index >= 15 is 0 Å². The lowest BCUT2D eigenvalue weighted by Crippen LogP contribution is -2.61. The Morgan fingerprint density at radius 1 is 1.41 bits per heavy atom. The molecule has 2 atom stereocenters. The molecule has 7 nitrogen and oxygen atoms in total. The molecule has 1 aliphatic heterocycles. The summed E-state index contributed by atoms with van der Waals surface area (Å²) < 4.78 is 40.4. The van der Waals surface area contributed by atoms with E-state index in [4.69, 9.17) is 17.0 Å². The Bertz CT molecular complexity index is 1110. The van der Waals surface area contributed by atoms with E-state index in [9.17, 15) is 12.8 Å². The third-order valence-corrected chi connectivity index (χ3v) is 7.68. The maximum atomic E-state index is 14.7. The largest absolute Gasteiger partial charge is 0.378 e. The molecule has 0 saturated carbocycles. The molecule has 154 valence electrons. The van der Waals surface area contributed by atoms with Gasteiger partial charge in [0.1, 0.15) is 5.82 Å². The van der Waals surface area contributed by atoms with E-state index in [1.54, 1.807) is 25.3 Å². The first-order chi connectivity index (χ1) is 13.6. The summed E-state index contributed by atoms with van der Waals surface area (Å²) in [6, 6.07) is 6.40. The van der Waals surface area contributed by atoms with Gasteiger partial charge in [-0.1, -0.05) is 11.6 Å². The number of hydrogen-bond donors (Lipinski definition) is 3. The zero-order valence-electron chi connectivity index (χ0n) is 16.0. The third kappa shape index (κ3) is 3.53. The summed E-state index contributed by atoms with van der Waals surface area (Å²) in [5, 5.41) is 14.7. The molecule has 1 saturated heterocycles. The van der Waals surface area contributed by atoms with Gasteiger partial charge in [0.05, 0.1) is 22.4 Å². The van der Waals surface area contributed by atoms with Crippen molar-refractivity contribution in [3.05, 3.63) is 58.1 Å². The second kappa shape index (κ2) is 6.84. The molecule has 10 heteroatoms. The Morgan fingerprint density at radius 3 is 2.90 bits per heavy atom. The molecule has 2 aliphatic rings. The molecule has 0 bridgehead atoms. The summed E-state index contributed by atoms with van der Waals surface area (Å²) in [4.78, 5) is 4.36. The number of aromatic nitrogens is 1. The zero-order chi connectivity index (χ0) is 21.0. The Labute approximate surface area is 173 Å². The van der Waals surface area contributed by atoms with Gasteiger partial charge < -0.3 is 10.6 Å². The van der Waals surface area contributed by atoms with Gasteiger partial charge >= 0.3 is 0 Å². The quantitative estimate of drug-likeness (QED) is 0.685. The summed E-state index contributed by atoms with van der Waals surface area (Å²) >= 11 is 6.08. The van der Waals surface area contributed by atoms with Crippen LogP contribution in [-0.2, 0) is 22.0 Å². The van der Waals surface area contributed by atoms with Crippen molar-refractivity contribution in [2.75, 3.05) is 18.1 Å². The highest BCUT2D eigenvalue weighted by atomic mass is 35.5. The smallest absolute Gasteiger partial charge is 0.239 e. The molecular formula is C19H21ClFN5O2S. The monoisotopic (exact) mass is 437 g/mol. The number of aryl methyl sites for hydroxylation is 1. The van der Waals surface area contributed by atoms with Gasteiger partial charge in [-0.2, -0.15) is 0 Å². The summed E-state index contributed by atoms with van der Waals surface area (Å²) in [7, 11) is -2.43. The van der Waals surface area contributed by atoms with Crippen molar-refractivity contribution in [3.8, 4) is 0 Å². The lowest BCUT2D eigenvalue weighted by molar-refractivity contribution is 0.403. The SMILES string of the molecule is CN1C(=N)N[C@](C)(c2cc(N[C@@H]3CCc4ncc(Cl)cc43)ccc2F)CS1(=O)=O. The minimum atomic E-state index is -3.73. The minimum absolute atomic E-state index is 0.0187. The van der Waals surface area contributed by atoms with E-state index in [0.29, 0.717) is 10.7 Å². The fraction of sp³-hybridized carbons (Fsp3) is 0.368. The summed E-state index contributed by atoms with van der Waals surface area (Å²) in [6.07, 6.45) is 3.27. The number of anilines is 1. The summed E-state index contributed by atoms with van der Waals surface area (Å²) in [5.41, 5.74) is 1.58. The van der Waals surface area contributed by atoms with Crippen LogP contribution in [0.3, 0.4) is 0 Å². The Balaban J connectivity index is 1.66. The van der Waals surface area contributed by atoms with Crippen LogP contribution in [0.25, 0.3) is 0 Å². The van der Waals surface area contributed by atoms with E-state index in [1.807, 2.05) is 6.07 Å². The highest BCUT2D eigenvalue weighted by Gasteiger charge is 2.43. The number of halogens is 2. The van der Waals surface area contributed by atoms with Crippen molar-refractivity contribution >= 4 is 33.3 Å². The van der Waals surface area contributed by atoms with Crippen molar-refractivity contribution < 1.29 is 12.8 Å². The molecule has 0 spiro atoms. The number of sulfonamides is 1. The highest BCUT2D eigenvalue weighted by molar-refractivity contribution is 7.89. The number of rotatable bonds is 3. The van der Waals surface area contributed by atoms with E-state index in [2.05, 4.69) is 15.6 Å². The van der Waals surface area contributed by atoms with Crippen LogP contribution in [0.15, 0.2) is 30.5 Å². The molecule has 1 fully saturated rings. The van der Waals surface area contributed by atoms with Gasteiger partial charge in [-0.25, -0.2) is 17.1 Å². The van der Waals surface area contributed by atoms with Crippen molar-refractivity contribution in [1.82, 2.24) is 14.6 Å². The maximum absolute atomic E-state index is 14.7. The number of nitrogens with zero attached hydrogens (tertiary/aromatic N) is 2. The first kappa shape index (κ1) is 19.9. The number of benzene rings is 1. The molecule has 1 aliphatic carbocycles. The molecule has 2 aromatic rings. The summed E-state index contributed by atoms with van der Waals surface area (Å²) in [6.45, 7) is 1.59. The average Bonchev–Trinajstić information content (AvgIpc) is 3.03. The van der Waals surface area contributed by atoms with Crippen LogP contribution in [0.2, 0.25) is 5.02 Å². The van der Waals surface area contributed by atoms with Crippen molar-refractivity contribution in [1.29, 1.82) is 5.41 Å². The summed E-state index contributed by atoms with van der Waals surface area (Å²) in [5.74, 6) is -1.18. The second-order valence-corrected chi connectivity index (χ2v) is 10.1. The number of nitrogens with one attached hydrogen (secondary N) is 3. The Morgan fingerprint density at radius 2 is 2.17 bits per heavy atom. The lowest BCUT2D eigenvalue weighted by Gasteiger charge is -2.40. The standard InChI is InChI=1S/C19H21ClFN5O2S/c1-19(10-29(27,28)26(2)18(22)25-19)14-8-12(3-4-15(14)21)24-17-6-5-16-13(17)7-11(20)9-23-16/h3-4,7-9,17,24H,5-6,10H2,1-2H3,(H2,22,25)/t17-,19+/m1/s1. The van der Waals surface area contributed by atoms with Crippen LogP contribution in [0.4, 0.5) is 10.1 Å². The zero-order valence-corrected chi connectivity index (χ0v) is 17.5. The average molecular weight is 438 g/mol. The lowest BCUT2D eigenvalue weighted by atomic mass is 9.92. The highest BCUT2D eigenvalue weighted by Crippen LogP contribution is 2.36. The number of pyridine rings is 1. The van der Waals surface area contributed by atoms with E-state index in [1.165, 1.54) is 13.1 Å². The van der Waals surface area contributed by atoms with Gasteiger partial charge in [0, 0.05) is 30.2 Å². The van der Waals surface area contributed by atoms with Crippen molar-refractivity contribution in [2.45, 2.75) is 31.3 Å². The third-order valence-electron chi connectivity index (χ3n) is 5.51. The first-order valence-electron chi connectivity index (χ1n) is 9.13. The fourth-order valence-corrected chi connectivity index (χ4v) is 5.58. The second-order valence-electron chi connectivity index (χ2n) is 7.65. The molecule has 0 unspecified atom stereocenters. The van der Waals surface area contributed by atoms with E-state index in [0.717, 1.165) is 28.4 Å². The molecule has 0 amide bonds. The van der Waals surface area contributed by atoms with E-state index < -0.39 is 21.4 Å². The molecule has 0 radical (unpaired) electrons. The topological polar surface area (TPSA) is 98.2 Å². The maximum Gasteiger partial charge on any atom is 0.239 e. The molecule has 4 rings (SSSR count). The fourth-order valence-electron chi connectivity index (χ4n) is 3.94. The molecule has 1 aromatic heterocycles. The van der Waals surface area contributed by atoms with Gasteiger partial charge in [-0.15, -0.1) is 0 Å². The van der Waals surface area contributed by atoms with Crippen LogP contribution in [0.5, 0.6) is 0 Å². The molecule has 3 N–H and O–H groups in total. The van der Waals surface area contributed by atoms with Crippen molar-refractivity contribution in [3.63, 3.8) is 0 Å². The van der Waals surface area contributed by atoms with Gasteiger partial charge in [0.25, 0.3) is 0 Å². The van der Waals surface area contributed by atoms with Crippen LogP contribution >= 0.6 is 11.6 Å². The minimum Gasteiger partial charge on any atom is -0.378 e. The molecule has 29 heavy (non-hydrogen) atoms. The van der Waals surface area contributed by atoms with Crippen LogP contribution in [-0.4, -0.2) is 36.5 Å². The molecule has 1 aromatic carbocycles. The number of fused-ring (bicyclic) bond motifs is 1. The molecule has 2 heterocycles. The van der Waals surface area contributed by atoms with Crippen LogP contribution < -0.4 is 10.6 Å². The van der Waals surface area contributed by atoms with Crippen LogP contribution in [0.1, 0.15) is 36.2 Å². The number of guanidine groups is 1. The van der Waals surface area contributed by atoms with Crippen LogP contribution in [0, 0.1) is 11.2 Å². The van der Waals surface area contributed by atoms with E-state index in [-0.39, 0.29) is 23.3 Å². The predicted octanol–water partition coefficient (Wildman–Crippen LogP) is 2.99. The Hall–Kier alpha value is -2.39. The first-order valence-corrected chi connectivity index (χ1v) is 11.1. The van der Waals surface area contributed by atoms with Gasteiger partial charge in [-0.3, -0.25) is 10.4 Å². The molecular weight excluding hydrogens is 417 g/mol. The van der Waals surface area contributed by atoms with Gasteiger partial charge in [0.15, 0.2) is 0 Å². The predicted molar refractivity (Wildman–Crippen MR) is 110 cm³/mol.